The summed E-state index contributed by atoms with van der Waals surface area (Å²) in [5, 5.41) is 0. The second-order valence-electron chi connectivity index (χ2n) is 6.13. The van der Waals surface area contributed by atoms with Crippen molar-refractivity contribution >= 4 is 0 Å². The minimum Gasteiger partial charge on any atom is -0.406 e. The number of rotatable bonds is 5. The summed E-state index contributed by atoms with van der Waals surface area (Å²) in [7, 11) is 0. The summed E-state index contributed by atoms with van der Waals surface area (Å²) in [6.07, 6.45) is -3.89. The zero-order chi connectivity index (χ0) is 17.0. The molecule has 0 heterocycles. The Balaban J connectivity index is 2.13. The lowest BCUT2D eigenvalue weighted by atomic mass is 9.91. The first-order valence-corrected chi connectivity index (χ1v) is 7.69. The van der Waals surface area contributed by atoms with Gasteiger partial charge in [0.1, 0.15) is 5.75 Å². The van der Waals surface area contributed by atoms with E-state index >= 15 is 0 Å². The second kappa shape index (κ2) is 7.07. The van der Waals surface area contributed by atoms with Gasteiger partial charge in [-0.3, -0.25) is 0 Å². The van der Waals surface area contributed by atoms with Crippen LogP contribution in [-0.4, -0.2) is 6.36 Å². The van der Waals surface area contributed by atoms with Crippen molar-refractivity contribution < 1.29 is 17.9 Å². The van der Waals surface area contributed by atoms with Crippen molar-refractivity contribution in [1.29, 1.82) is 0 Å². The predicted molar refractivity (Wildman–Crippen MR) is 85.8 cm³/mol. The van der Waals surface area contributed by atoms with Crippen molar-refractivity contribution in [3.8, 4) is 5.75 Å². The molecule has 0 radical (unpaired) electrons. The van der Waals surface area contributed by atoms with Crippen LogP contribution in [0.3, 0.4) is 0 Å². The molecule has 2 aromatic carbocycles. The zero-order valence-electron chi connectivity index (χ0n) is 13.5. The lowest BCUT2D eigenvalue weighted by molar-refractivity contribution is -0.274. The fourth-order valence-electron chi connectivity index (χ4n) is 2.57. The second-order valence-corrected chi connectivity index (χ2v) is 6.13. The van der Waals surface area contributed by atoms with Crippen molar-refractivity contribution in [3.63, 3.8) is 0 Å². The minimum absolute atomic E-state index is 0.106. The van der Waals surface area contributed by atoms with Gasteiger partial charge in [0.15, 0.2) is 0 Å². The molecule has 0 saturated heterocycles. The van der Waals surface area contributed by atoms with Crippen molar-refractivity contribution in [2.75, 3.05) is 0 Å². The highest BCUT2D eigenvalue weighted by Gasteiger charge is 2.31. The molecule has 1 nitrogen and oxygen atoms in total. The maximum absolute atomic E-state index is 12.3. The monoisotopic (exact) mass is 322 g/mol. The Morgan fingerprint density at radius 1 is 0.913 bits per heavy atom. The van der Waals surface area contributed by atoms with Gasteiger partial charge in [-0.1, -0.05) is 57.2 Å². The van der Waals surface area contributed by atoms with Crippen LogP contribution in [0.15, 0.2) is 48.5 Å². The Kier molecular flexibility index (Phi) is 5.34. The normalized spacial score (nSPS) is 13.2. The number of hydrogen-bond donors (Lipinski definition) is 0. The molecule has 0 bridgehead atoms. The average Bonchev–Trinajstić information content (AvgIpc) is 2.46. The molecule has 124 valence electrons. The molecule has 0 aliphatic heterocycles. The summed E-state index contributed by atoms with van der Waals surface area (Å²) in [4.78, 5) is 0. The Bertz CT molecular complexity index is 647. The van der Waals surface area contributed by atoms with Crippen LogP contribution in [0.4, 0.5) is 13.2 Å². The standard InChI is InChI=1S/C19H21F3O/c1-13(2)16-7-4-6-15(11-16)10-14(3)17-8-5-9-18(12-17)23-19(20,21)22/h4-9,11-14H,10H2,1-3H3/t14-/m1/s1. The van der Waals surface area contributed by atoms with Crippen molar-refractivity contribution in [3.05, 3.63) is 65.2 Å². The number of halogens is 3. The van der Waals surface area contributed by atoms with E-state index in [1.807, 2.05) is 19.1 Å². The molecule has 2 rings (SSSR count). The summed E-state index contributed by atoms with van der Waals surface area (Å²) < 4.78 is 40.9. The van der Waals surface area contributed by atoms with Crippen LogP contribution in [-0.2, 0) is 6.42 Å². The average molecular weight is 322 g/mol. The van der Waals surface area contributed by atoms with Crippen LogP contribution < -0.4 is 4.74 Å². The fraction of sp³-hybridized carbons (Fsp3) is 0.368. The predicted octanol–water partition coefficient (Wildman–Crippen LogP) is 6.05. The summed E-state index contributed by atoms with van der Waals surface area (Å²) in [5.74, 6) is 0.390. The Hall–Kier alpha value is -1.97. The van der Waals surface area contributed by atoms with Crippen LogP contribution in [0.5, 0.6) is 5.75 Å². The van der Waals surface area contributed by atoms with Gasteiger partial charge in [-0.15, -0.1) is 13.2 Å². The van der Waals surface area contributed by atoms with Crippen molar-refractivity contribution in [1.82, 2.24) is 0 Å². The topological polar surface area (TPSA) is 9.23 Å². The Labute approximate surface area is 135 Å². The number of hydrogen-bond acceptors (Lipinski definition) is 1. The summed E-state index contributed by atoms with van der Waals surface area (Å²) in [6, 6.07) is 14.6. The SMILES string of the molecule is CC(C)c1cccc(C[C@@H](C)c2cccc(OC(F)(F)F)c2)c1. The third-order valence-electron chi connectivity index (χ3n) is 3.82. The van der Waals surface area contributed by atoms with Gasteiger partial charge in [0.2, 0.25) is 0 Å². The van der Waals surface area contributed by atoms with Crippen LogP contribution in [0.2, 0.25) is 0 Å². The van der Waals surface area contributed by atoms with Gasteiger partial charge in [-0.05, 0) is 47.1 Å². The summed E-state index contributed by atoms with van der Waals surface area (Å²) in [6.45, 7) is 6.29. The molecule has 4 heteroatoms. The quantitative estimate of drug-likeness (QED) is 0.650. The fourth-order valence-corrected chi connectivity index (χ4v) is 2.57. The van der Waals surface area contributed by atoms with Crippen LogP contribution in [0.25, 0.3) is 0 Å². The summed E-state index contributed by atoms with van der Waals surface area (Å²) >= 11 is 0. The molecule has 0 unspecified atom stereocenters. The smallest absolute Gasteiger partial charge is 0.406 e. The molecule has 0 N–H and O–H groups in total. The van der Waals surface area contributed by atoms with Crippen LogP contribution in [0.1, 0.15) is 49.3 Å². The van der Waals surface area contributed by atoms with Gasteiger partial charge in [0, 0.05) is 0 Å². The van der Waals surface area contributed by atoms with E-state index in [4.69, 9.17) is 0 Å². The highest BCUT2D eigenvalue weighted by Crippen LogP contribution is 2.28. The van der Waals surface area contributed by atoms with Gasteiger partial charge < -0.3 is 4.74 Å². The van der Waals surface area contributed by atoms with E-state index in [1.54, 1.807) is 6.07 Å². The Morgan fingerprint density at radius 2 is 1.57 bits per heavy atom. The molecular weight excluding hydrogens is 301 g/mol. The van der Waals surface area contributed by atoms with Crippen molar-refractivity contribution in [2.45, 2.75) is 45.4 Å². The van der Waals surface area contributed by atoms with E-state index in [2.05, 4.69) is 36.8 Å². The molecule has 23 heavy (non-hydrogen) atoms. The summed E-state index contributed by atoms with van der Waals surface area (Å²) in [5.41, 5.74) is 3.29. The van der Waals surface area contributed by atoms with Gasteiger partial charge in [-0.2, -0.15) is 0 Å². The number of alkyl halides is 3. The van der Waals surface area contributed by atoms with E-state index in [1.165, 1.54) is 23.3 Å². The number of ether oxygens (including phenoxy) is 1. The third-order valence-corrected chi connectivity index (χ3v) is 3.82. The van der Waals surface area contributed by atoms with Crippen molar-refractivity contribution in [2.24, 2.45) is 0 Å². The third kappa shape index (κ3) is 5.31. The molecule has 0 spiro atoms. The van der Waals surface area contributed by atoms with Gasteiger partial charge >= 0.3 is 6.36 Å². The molecule has 0 saturated carbocycles. The van der Waals surface area contributed by atoms with Gasteiger partial charge in [0.05, 0.1) is 0 Å². The lowest BCUT2D eigenvalue weighted by Gasteiger charge is -2.15. The van der Waals surface area contributed by atoms with Gasteiger partial charge in [0.25, 0.3) is 0 Å². The minimum atomic E-state index is -4.66. The zero-order valence-corrected chi connectivity index (χ0v) is 13.5. The maximum Gasteiger partial charge on any atom is 0.573 e. The first kappa shape index (κ1) is 17.4. The lowest BCUT2D eigenvalue weighted by Crippen LogP contribution is -2.17. The van der Waals surface area contributed by atoms with E-state index in [0.717, 1.165) is 12.0 Å². The Morgan fingerprint density at radius 3 is 2.22 bits per heavy atom. The maximum atomic E-state index is 12.3. The van der Waals surface area contributed by atoms with Crippen LogP contribution in [0, 0.1) is 0 Å². The molecule has 2 aromatic rings. The molecule has 1 atom stereocenters. The first-order valence-electron chi connectivity index (χ1n) is 7.69. The molecular formula is C19H21F3O. The van der Waals surface area contributed by atoms with E-state index in [9.17, 15) is 13.2 Å². The van der Waals surface area contributed by atoms with E-state index < -0.39 is 6.36 Å². The highest BCUT2D eigenvalue weighted by molar-refractivity contribution is 5.33. The molecule has 0 aliphatic rings. The highest BCUT2D eigenvalue weighted by atomic mass is 19.4. The van der Waals surface area contributed by atoms with Gasteiger partial charge in [-0.25, -0.2) is 0 Å². The molecule has 0 fully saturated rings. The molecule has 0 amide bonds. The van der Waals surface area contributed by atoms with E-state index in [-0.39, 0.29) is 11.7 Å². The molecule has 0 aliphatic carbocycles. The molecule has 0 aromatic heterocycles. The largest absolute Gasteiger partial charge is 0.573 e. The van der Waals surface area contributed by atoms with E-state index in [0.29, 0.717) is 5.92 Å². The first-order chi connectivity index (χ1) is 10.7. The number of benzene rings is 2. The van der Waals surface area contributed by atoms with Crippen LogP contribution >= 0.6 is 0 Å².